The van der Waals surface area contributed by atoms with Gasteiger partial charge in [0.2, 0.25) is 0 Å². The third kappa shape index (κ3) is 8.50. The van der Waals surface area contributed by atoms with Crippen molar-refractivity contribution in [3.05, 3.63) is 35.9 Å². The van der Waals surface area contributed by atoms with Crippen molar-refractivity contribution in [2.75, 3.05) is 30.3 Å². The van der Waals surface area contributed by atoms with Gasteiger partial charge < -0.3 is 10.6 Å². The van der Waals surface area contributed by atoms with Crippen molar-refractivity contribution in [2.24, 2.45) is 4.99 Å². The number of hydrogen-bond acceptors (Lipinski definition) is 4. The molecule has 142 valence electrons. The van der Waals surface area contributed by atoms with E-state index in [1.807, 2.05) is 37.3 Å². The first-order chi connectivity index (χ1) is 11.5. The van der Waals surface area contributed by atoms with Crippen LogP contribution in [0.5, 0.6) is 0 Å². The number of nitrogens with zero attached hydrogens (tertiary/aromatic N) is 1. The van der Waals surface area contributed by atoms with Gasteiger partial charge in [-0.1, -0.05) is 30.3 Å². The maximum atomic E-state index is 12.1. The maximum Gasteiger partial charge on any atom is 0.191 e. The summed E-state index contributed by atoms with van der Waals surface area (Å²) in [4.78, 5) is 4.41. The smallest absolute Gasteiger partial charge is 0.191 e. The lowest BCUT2D eigenvalue weighted by Crippen LogP contribution is -2.44. The lowest BCUT2D eigenvalue weighted by Gasteiger charge is -2.15. The summed E-state index contributed by atoms with van der Waals surface area (Å²) in [5.41, 5.74) is 1.06. The van der Waals surface area contributed by atoms with E-state index in [1.165, 1.54) is 0 Å². The number of rotatable bonds is 7. The fraction of sp³-hybridized carbons (Fsp3) is 0.562. The molecule has 1 saturated heterocycles. The highest BCUT2D eigenvalue weighted by Gasteiger charge is 2.28. The van der Waals surface area contributed by atoms with Gasteiger partial charge in [0, 0.05) is 34.9 Å². The molecule has 1 aromatic rings. The van der Waals surface area contributed by atoms with Crippen LogP contribution >= 0.6 is 24.0 Å². The summed E-state index contributed by atoms with van der Waals surface area (Å²) in [5, 5.41) is 6.26. The molecule has 1 aliphatic rings. The molecule has 0 radical (unpaired) electrons. The number of nitrogens with one attached hydrogen (secondary N) is 2. The van der Waals surface area contributed by atoms with Crippen molar-refractivity contribution >= 4 is 50.6 Å². The number of hydrogen-bond donors (Lipinski definition) is 2. The van der Waals surface area contributed by atoms with Gasteiger partial charge in [0.1, 0.15) is 0 Å². The van der Waals surface area contributed by atoms with Gasteiger partial charge in [0.05, 0.1) is 18.1 Å². The molecule has 2 rings (SSSR count). The van der Waals surface area contributed by atoms with Crippen molar-refractivity contribution in [3.8, 4) is 0 Å². The minimum absolute atomic E-state index is 0. The highest BCUT2D eigenvalue weighted by Crippen LogP contribution is 2.11. The monoisotopic (exact) mass is 499 g/mol. The molecule has 6 nitrogen and oxygen atoms in total. The summed E-state index contributed by atoms with van der Waals surface area (Å²) >= 11 is 0. The van der Waals surface area contributed by atoms with Crippen LogP contribution in [0.2, 0.25) is 0 Å². The number of aliphatic imine (C=N–C) groups is 1. The molecule has 0 spiro atoms. The van der Waals surface area contributed by atoms with Gasteiger partial charge in [0.25, 0.3) is 0 Å². The summed E-state index contributed by atoms with van der Waals surface area (Å²) in [7, 11) is -3.88. The van der Waals surface area contributed by atoms with Crippen LogP contribution in [0.4, 0.5) is 0 Å². The molecule has 0 aromatic heterocycles. The van der Waals surface area contributed by atoms with Crippen LogP contribution in [0.3, 0.4) is 0 Å². The van der Waals surface area contributed by atoms with Crippen molar-refractivity contribution < 1.29 is 12.6 Å². The van der Waals surface area contributed by atoms with Gasteiger partial charge in [-0.2, -0.15) is 0 Å². The fourth-order valence-corrected chi connectivity index (χ4v) is 5.19. The van der Waals surface area contributed by atoms with Crippen molar-refractivity contribution in [3.63, 3.8) is 0 Å². The Balaban J connectivity index is 0.00000312. The first kappa shape index (κ1) is 22.4. The topological polar surface area (TPSA) is 87.6 Å². The predicted octanol–water partition coefficient (Wildman–Crippen LogP) is 1.30. The second-order valence-corrected chi connectivity index (χ2v) is 9.58. The second-order valence-electron chi connectivity index (χ2n) is 5.78. The average Bonchev–Trinajstić information content (AvgIpc) is 2.87. The molecule has 2 atom stereocenters. The van der Waals surface area contributed by atoms with Gasteiger partial charge in [-0.15, -0.1) is 24.0 Å². The van der Waals surface area contributed by atoms with Gasteiger partial charge in [-0.25, -0.2) is 8.42 Å². The van der Waals surface area contributed by atoms with E-state index in [1.54, 1.807) is 0 Å². The highest BCUT2D eigenvalue weighted by molar-refractivity contribution is 14.0. The van der Waals surface area contributed by atoms with Gasteiger partial charge >= 0.3 is 0 Å². The van der Waals surface area contributed by atoms with Crippen LogP contribution in [0, 0.1) is 0 Å². The van der Waals surface area contributed by atoms with Crippen molar-refractivity contribution in [2.45, 2.75) is 25.1 Å². The zero-order chi connectivity index (χ0) is 17.4. The van der Waals surface area contributed by atoms with Crippen molar-refractivity contribution in [1.82, 2.24) is 10.6 Å². The summed E-state index contributed by atoms with van der Waals surface area (Å²) in [6.07, 6.45) is 0.604. The molecule has 2 unspecified atom stereocenters. The maximum absolute atomic E-state index is 12.1. The number of benzene rings is 1. The normalized spacial score (nSPS) is 20.5. The Hall–Kier alpha value is -0.680. The molecule has 25 heavy (non-hydrogen) atoms. The van der Waals surface area contributed by atoms with E-state index in [4.69, 9.17) is 0 Å². The summed E-state index contributed by atoms with van der Waals surface area (Å²) in [6.45, 7) is 3.09. The molecular weight excluding hydrogens is 473 g/mol. The van der Waals surface area contributed by atoms with Gasteiger partial charge in [0.15, 0.2) is 15.8 Å². The van der Waals surface area contributed by atoms with Crippen molar-refractivity contribution in [1.29, 1.82) is 0 Å². The lowest BCUT2D eigenvalue weighted by atomic mass is 10.2. The molecule has 2 N–H and O–H groups in total. The van der Waals surface area contributed by atoms with E-state index in [2.05, 4.69) is 15.6 Å². The van der Waals surface area contributed by atoms with Crippen LogP contribution < -0.4 is 10.6 Å². The molecule has 1 fully saturated rings. The Morgan fingerprint density at radius 2 is 2.04 bits per heavy atom. The fourth-order valence-electron chi connectivity index (χ4n) is 2.51. The van der Waals surface area contributed by atoms with E-state index >= 15 is 0 Å². The second kappa shape index (κ2) is 11.1. The zero-order valence-corrected chi connectivity index (χ0v) is 18.3. The first-order valence-corrected chi connectivity index (χ1v) is 11.4. The SMILES string of the molecule is CCNC(=NCCS(=O)Cc1ccccc1)NC1CCS(=O)(=O)C1.I. The minimum Gasteiger partial charge on any atom is -0.357 e. The minimum atomic E-state index is -2.92. The molecule has 0 aliphatic carbocycles. The van der Waals surface area contributed by atoms with Gasteiger partial charge in [-0.05, 0) is 18.9 Å². The van der Waals surface area contributed by atoms with E-state index in [0.29, 0.717) is 37.0 Å². The van der Waals surface area contributed by atoms with E-state index in [9.17, 15) is 12.6 Å². The molecule has 0 saturated carbocycles. The molecule has 1 aromatic carbocycles. The van der Waals surface area contributed by atoms with Crippen LogP contribution in [-0.2, 0) is 26.4 Å². The molecule has 0 bridgehead atoms. The van der Waals surface area contributed by atoms with E-state index in [-0.39, 0.29) is 41.5 Å². The Bertz CT molecular complexity index is 681. The Morgan fingerprint density at radius 3 is 2.64 bits per heavy atom. The third-order valence-corrected chi connectivity index (χ3v) is 6.74. The summed E-state index contributed by atoms with van der Waals surface area (Å²) in [5.74, 6) is 1.98. The number of sulfone groups is 1. The quantitative estimate of drug-likeness (QED) is 0.336. The Kier molecular flexibility index (Phi) is 9.95. The lowest BCUT2D eigenvalue weighted by molar-refractivity contribution is 0.599. The van der Waals surface area contributed by atoms with Crippen LogP contribution in [0.15, 0.2) is 35.3 Å². The van der Waals surface area contributed by atoms with Crippen LogP contribution in [0.1, 0.15) is 18.9 Å². The molecular formula is C16H26IN3O3S2. The predicted molar refractivity (Wildman–Crippen MR) is 115 cm³/mol. The highest BCUT2D eigenvalue weighted by atomic mass is 127. The Labute approximate surface area is 169 Å². The standard InChI is InChI=1S/C16H25N3O3S2.HI/c1-2-17-16(19-15-8-11-24(21,22)13-15)18-9-10-23(20)12-14-6-4-3-5-7-14;/h3-7,15H,2,8-13H2,1H3,(H2,17,18,19);1H. The number of guanidine groups is 1. The average molecular weight is 499 g/mol. The number of halogens is 1. The molecule has 0 amide bonds. The molecule has 1 aliphatic heterocycles. The first-order valence-electron chi connectivity index (χ1n) is 8.12. The Morgan fingerprint density at radius 1 is 1.32 bits per heavy atom. The third-order valence-electron chi connectivity index (χ3n) is 3.68. The van der Waals surface area contributed by atoms with E-state index < -0.39 is 20.6 Å². The van der Waals surface area contributed by atoms with Crippen LogP contribution in [-0.4, -0.2) is 55.0 Å². The zero-order valence-electron chi connectivity index (χ0n) is 14.3. The molecule has 9 heteroatoms. The van der Waals surface area contributed by atoms with Gasteiger partial charge in [-0.3, -0.25) is 9.20 Å². The van der Waals surface area contributed by atoms with E-state index in [0.717, 1.165) is 5.56 Å². The largest absolute Gasteiger partial charge is 0.357 e. The summed E-state index contributed by atoms with van der Waals surface area (Å²) in [6, 6.07) is 9.65. The molecule has 1 heterocycles. The van der Waals surface area contributed by atoms with Crippen LogP contribution in [0.25, 0.3) is 0 Å². The summed E-state index contributed by atoms with van der Waals surface area (Å²) < 4.78 is 35.1.